The number of nitriles is 1. The molecule has 4 heteroatoms. The van der Waals surface area contributed by atoms with Crippen molar-refractivity contribution in [1.82, 2.24) is 0 Å². The molecule has 19 heavy (non-hydrogen) atoms. The molecule has 0 bridgehead atoms. The van der Waals surface area contributed by atoms with Gasteiger partial charge in [-0.1, -0.05) is 6.07 Å². The Bertz CT molecular complexity index is 647. The molecule has 0 spiro atoms. The maximum Gasteiger partial charge on any atom is 0.128 e. The minimum Gasteiger partial charge on any atom is -0.497 e. The summed E-state index contributed by atoms with van der Waals surface area (Å²) in [7, 11) is 1.55. The van der Waals surface area contributed by atoms with Gasteiger partial charge in [-0.25, -0.2) is 4.39 Å². The second kappa shape index (κ2) is 5.40. The number of nitrogens with one attached hydrogen (secondary N) is 1. The van der Waals surface area contributed by atoms with Crippen LogP contribution in [0, 0.1) is 24.1 Å². The molecule has 0 fully saturated rings. The normalized spacial score (nSPS) is 9.79. The zero-order chi connectivity index (χ0) is 13.8. The smallest absolute Gasteiger partial charge is 0.128 e. The first-order valence-electron chi connectivity index (χ1n) is 5.75. The number of benzene rings is 2. The molecule has 2 aromatic rings. The van der Waals surface area contributed by atoms with Crippen molar-refractivity contribution in [2.24, 2.45) is 0 Å². The van der Waals surface area contributed by atoms with Gasteiger partial charge in [0.15, 0.2) is 0 Å². The average molecular weight is 256 g/mol. The minimum absolute atomic E-state index is 0.286. The summed E-state index contributed by atoms with van der Waals surface area (Å²) in [5.74, 6) is 0.348. The van der Waals surface area contributed by atoms with Crippen molar-refractivity contribution in [3.8, 4) is 11.8 Å². The van der Waals surface area contributed by atoms with Crippen LogP contribution in [0.3, 0.4) is 0 Å². The van der Waals surface area contributed by atoms with E-state index < -0.39 is 0 Å². The number of hydrogen-bond donors (Lipinski definition) is 1. The van der Waals surface area contributed by atoms with Gasteiger partial charge in [0.1, 0.15) is 17.6 Å². The number of anilines is 2. The molecule has 1 N–H and O–H groups in total. The molecule has 0 aliphatic heterocycles. The average Bonchev–Trinajstić information content (AvgIpc) is 2.43. The molecular weight excluding hydrogens is 243 g/mol. The summed E-state index contributed by atoms with van der Waals surface area (Å²) in [4.78, 5) is 0. The summed E-state index contributed by atoms with van der Waals surface area (Å²) in [6.07, 6.45) is 0. The zero-order valence-corrected chi connectivity index (χ0v) is 10.7. The molecule has 0 saturated heterocycles. The summed E-state index contributed by atoms with van der Waals surface area (Å²) < 4.78 is 18.6. The van der Waals surface area contributed by atoms with Crippen LogP contribution in [-0.2, 0) is 0 Å². The number of hydrogen-bond acceptors (Lipinski definition) is 3. The van der Waals surface area contributed by atoms with E-state index in [1.165, 1.54) is 6.07 Å². The van der Waals surface area contributed by atoms with E-state index in [-0.39, 0.29) is 5.82 Å². The third-order valence-corrected chi connectivity index (χ3v) is 2.80. The fraction of sp³-hybridized carbons (Fsp3) is 0.133. The summed E-state index contributed by atoms with van der Waals surface area (Å²) in [6, 6.07) is 12.0. The van der Waals surface area contributed by atoms with Crippen molar-refractivity contribution in [3.05, 3.63) is 53.3 Å². The van der Waals surface area contributed by atoms with Crippen LogP contribution in [-0.4, -0.2) is 7.11 Å². The second-order valence-electron chi connectivity index (χ2n) is 4.11. The van der Waals surface area contributed by atoms with E-state index in [2.05, 4.69) is 11.4 Å². The molecular formula is C15H13FN2O. The lowest BCUT2D eigenvalue weighted by molar-refractivity contribution is 0.415. The Morgan fingerprint density at radius 1 is 1.21 bits per heavy atom. The molecule has 96 valence electrons. The van der Waals surface area contributed by atoms with E-state index >= 15 is 0 Å². The van der Waals surface area contributed by atoms with Crippen LogP contribution in [0.25, 0.3) is 0 Å². The highest BCUT2D eigenvalue weighted by Crippen LogP contribution is 2.26. The molecule has 0 heterocycles. The second-order valence-corrected chi connectivity index (χ2v) is 4.11. The highest BCUT2D eigenvalue weighted by atomic mass is 19.1. The van der Waals surface area contributed by atoms with E-state index in [4.69, 9.17) is 10.00 Å². The van der Waals surface area contributed by atoms with Crippen LogP contribution in [0.15, 0.2) is 36.4 Å². The Hall–Kier alpha value is -2.54. The number of nitrogens with zero attached hydrogens (tertiary/aromatic N) is 1. The summed E-state index contributed by atoms with van der Waals surface area (Å²) in [5.41, 5.74) is 2.23. The fourth-order valence-corrected chi connectivity index (χ4v) is 1.68. The number of aryl methyl sites for hydroxylation is 1. The van der Waals surface area contributed by atoms with Crippen LogP contribution >= 0.6 is 0 Å². The van der Waals surface area contributed by atoms with Crippen molar-refractivity contribution >= 4 is 11.4 Å². The topological polar surface area (TPSA) is 45.0 Å². The predicted molar refractivity (Wildman–Crippen MR) is 72.1 cm³/mol. The first-order valence-corrected chi connectivity index (χ1v) is 5.75. The Morgan fingerprint density at radius 2 is 2.00 bits per heavy atom. The van der Waals surface area contributed by atoms with Gasteiger partial charge >= 0.3 is 0 Å². The fourth-order valence-electron chi connectivity index (χ4n) is 1.68. The maximum absolute atomic E-state index is 13.5. The number of halogens is 1. The lowest BCUT2D eigenvalue weighted by Gasteiger charge is -2.10. The van der Waals surface area contributed by atoms with Gasteiger partial charge in [-0.2, -0.15) is 5.26 Å². The van der Waals surface area contributed by atoms with Crippen LogP contribution in [0.5, 0.6) is 5.75 Å². The molecule has 0 aliphatic rings. The first kappa shape index (κ1) is 12.9. The zero-order valence-electron chi connectivity index (χ0n) is 10.7. The number of rotatable bonds is 3. The number of ether oxygens (including phenoxy) is 1. The van der Waals surface area contributed by atoms with Gasteiger partial charge in [0.25, 0.3) is 0 Å². The van der Waals surface area contributed by atoms with Crippen molar-refractivity contribution in [2.75, 3.05) is 12.4 Å². The third-order valence-electron chi connectivity index (χ3n) is 2.80. The monoisotopic (exact) mass is 256 g/mol. The van der Waals surface area contributed by atoms with Crippen LogP contribution in [0.4, 0.5) is 15.8 Å². The van der Waals surface area contributed by atoms with Gasteiger partial charge < -0.3 is 10.1 Å². The minimum atomic E-state index is -0.286. The van der Waals surface area contributed by atoms with Gasteiger partial charge in [0.2, 0.25) is 0 Å². The molecule has 0 aromatic heterocycles. The molecule has 0 atom stereocenters. The van der Waals surface area contributed by atoms with E-state index in [9.17, 15) is 4.39 Å². The summed E-state index contributed by atoms with van der Waals surface area (Å²) in [6.45, 7) is 1.70. The van der Waals surface area contributed by atoms with Gasteiger partial charge in [-0.15, -0.1) is 0 Å². The van der Waals surface area contributed by atoms with Crippen molar-refractivity contribution in [2.45, 2.75) is 6.92 Å². The third kappa shape index (κ3) is 2.83. The summed E-state index contributed by atoms with van der Waals surface area (Å²) >= 11 is 0. The van der Waals surface area contributed by atoms with Crippen LogP contribution in [0.1, 0.15) is 11.1 Å². The highest BCUT2D eigenvalue weighted by Gasteiger charge is 2.06. The summed E-state index contributed by atoms with van der Waals surface area (Å²) in [5, 5.41) is 12.1. The molecule has 0 amide bonds. The SMILES string of the molecule is COc1ccc(C#N)c(Nc2ccc(C)c(F)c2)c1. The van der Waals surface area contributed by atoms with E-state index in [0.717, 1.165) is 0 Å². The predicted octanol–water partition coefficient (Wildman–Crippen LogP) is 3.76. The van der Waals surface area contributed by atoms with Crippen molar-refractivity contribution < 1.29 is 9.13 Å². The van der Waals surface area contributed by atoms with E-state index in [1.54, 1.807) is 44.4 Å². The first-order chi connectivity index (χ1) is 9.13. The molecule has 0 saturated carbocycles. The molecule has 2 aromatic carbocycles. The van der Waals surface area contributed by atoms with Crippen molar-refractivity contribution in [1.29, 1.82) is 5.26 Å². The Kier molecular flexibility index (Phi) is 3.67. The van der Waals surface area contributed by atoms with Gasteiger partial charge in [0, 0.05) is 11.8 Å². The van der Waals surface area contributed by atoms with Crippen LogP contribution < -0.4 is 10.1 Å². The quantitative estimate of drug-likeness (QED) is 0.909. The van der Waals surface area contributed by atoms with Gasteiger partial charge in [-0.05, 0) is 36.8 Å². The number of methoxy groups -OCH3 is 1. The molecule has 0 aliphatic carbocycles. The lowest BCUT2D eigenvalue weighted by Crippen LogP contribution is -1.96. The Balaban J connectivity index is 2.36. The largest absolute Gasteiger partial charge is 0.497 e. The maximum atomic E-state index is 13.5. The van der Waals surface area contributed by atoms with Gasteiger partial charge in [-0.3, -0.25) is 0 Å². The standard InChI is InChI=1S/C15H13FN2O/c1-10-3-5-12(7-14(10)16)18-15-8-13(19-2)6-4-11(15)9-17/h3-8,18H,1-2H3. The molecule has 2 rings (SSSR count). The Labute approximate surface area is 111 Å². The Morgan fingerprint density at radius 3 is 2.63 bits per heavy atom. The van der Waals surface area contributed by atoms with E-state index in [1.807, 2.05) is 0 Å². The van der Waals surface area contributed by atoms with Crippen molar-refractivity contribution in [3.63, 3.8) is 0 Å². The van der Waals surface area contributed by atoms with Gasteiger partial charge in [0.05, 0.1) is 18.4 Å². The highest BCUT2D eigenvalue weighted by molar-refractivity contribution is 5.68. The lowest BCUT2D eigenvalue weighted by atomic mass is 10.1. The molecule has 3 nitrogen and oxygen atoms in total. The van der Waals surface area contributed by atoms with Crippen LogP contribution in [0.2, 0.25) is 0 Å². The molecule has 0 radical (unpaired) electrons. The molecule has 0 unspecified atom stereocenters. The van der Waals surface area contributed by atoms with E-state index in [0.29, 0.717) is 28.3 Å².